The number of hydrogen-bond donors (Lipinski definition) is 1. The van der Waals surface area contributed by atoms with Crippen molar-refractivity contribution in [3.8, 4) is 0 Å². The van der Waals surface area contributed by atoms with Crippen LogP contribution in [0.25, 0.3) is 0 Å². The third-order valence-electron chi connectivity index (χ3n) is 2.28. The molecule has 0 radical (unpaired) electrons. The lowest BCUT2D eigenvalue weighted by Crippen LogP contribution is -2.18. The van der Waals surface area contributed by atoms with Gasteiger partial charge in [-0.15, -0.1) is 5.10 Å². The fourth-order valence-electron chi connectivity index (χ4n) is 1.41. The molecule has 0 amide bonds. The van der Waals surface area contributed by atoms with Crippen molar-refractivity contribution in [1.82, 2.24) is 25.5 Å². The molecule has 0 aliphatic rings. The Labute approximate surface area is 96.4 Å². The molecule has 0 saturated heterocycles. The molecule has 0 fully saturated rings. The van der Waals surface area contributed by atoms with Crippen LogP contribution in [0.3, 0.4) is 0 Å². The van der Waals surface area contributed by atoms with Gasteiger partial charge >= 0.3 is 0 Å². The lowest BCUT2D eigenvalue weighted by Gasteiger charge is -2.05. The van der Waals surface area contributed by atoms with E-state index in [0.29, 0.717) is 0 Å². The first-order chi connectivity index (χ1) is 7.88. The normalized spacial score (nSPS) is 10.9. The summed E-state index contributed by atoms with van der Waals surface area (Å²) in [6.45, 7) is 5.54. The van der Waals surface area contributed by atoms with Crippen LogP contribution in [0, 0.1) is 0 Å². The SMILES string of the molecule is CCCNCc1nnnn1CCCCOC. The predicted octanol–water partition coefficient (Wildman–Crippen LogP) is 0.599. The number of methoxy groups -OCH3 is 1. The Bertz CT molecular complexity index is 276. The van der Waals surface area contributed by atoms with Crippen LogP contribution in [0.4, 0.5) is 0 Å². The minimum Gasteiger partial charge on any atom is -0.385 e. The van der Waals surface area contributed by atoms with E-state index in [1.165, 1.54) is 0 Å². The Hall–Kier alpha value is -1.01. The molecule has 1 rings (SSSR count). The van der Waals surface area contributed by atoms with E-state index in [4.69, 9.17) is 4.74 Å². The molecule has 0 saturated carbocycles. The van der Waals surface area contributed by atoms with Gasteiger partial charge in [-0.25, -0.2) is 4.68 Å². The van der Waals surface area contributed by atoms with Crippen LogP contribution in [-0.4, -0.2) is 40.5 Å². The number of hydrogen-bond acceptors (Lipinski definition) is 5. The second kappa shape index (κ2) is 8.18. The van der Waals surface area contributed by atoms with Gasteiger partial charge in [-0.2, -0.15) is 0 Å². The largest absolute Gasteiger partial charge is 0.385 e. The zero-order chi connectivity index (χ0) is 11.6. The van der Waals surface area contributed by atoms with Crippen LogP contribution in [0.5, 0.6) is 0 Å². The van der Waals surface area contributed by atoms with E-state index >= 15 is 0 Å². The summed E-state index contributed by atoms with van der Waals surface area (Å²) >= 11 is 0. The van der Waals surface area contributed by atoms with Gasteiger partial charge in [0.15, 0.2) is 5.82 Å². The molecule has 0 atom stereocenters. The Morgan fingerprint density at radius 1 is 1.38 bits per heavy atom. The molecule has 1 N–H and O–H groups in total. The molecule has 0 bridgehead atoms. The van der Waals surface area contributed by atoms with E-state index in [9.17, 15) is 0 Å². The number of nitrogens with one attached hydrogen (secondary N) is 1. The Balaban J connectivity index is 2.26. The summed E-state index contributed by atoms with van der Waals surface area (Å²) < 4.78 is 6.86. The predicted molar refractivity (Wildman–Crippen MR) is 60.9 cm³/mol. The van der Waals surface area contributed by atoms with E-state index < -0.39 is 0 Å². The maximum atomic E-state index is 5.00. The maximum Gasteiger partial charge on any atom is 0.165 e. The van der Waals surface area contributed by atoms with Crippen LogP contribution in [0.2, 0.25) is 0 Å². The summed E-state index contributed by atoms with van der Waals surface area (Å²) in [5, 5.41) is 14.9. The summed E-state index contributed by atoms with van der Waals surface area (Å²) in [5.41, 5.74) is 0. The van der Waals surface area contributed by atoms with E-state index in [1.807, 2.05) is 4.68 Å². The number of aryl methyl sites for hydroxylation is 1. The molecule has 0 aliphatic carbocycles. The number of aromatic nitrogens is 4. The zero-order valence-corrected chi connectivity index (χ0v) is 10.1. The quantitative estimate of drug-likeness (QED) is 0.626. The standard InChI is InChI=1S/C10H21N5O/c1-3-6-11-9-10-12-13-14-15(10)7-4-5-8-16-2/h11H,3-9H2,1-2H3. The van der Waals surface area contributed by atoms with Gasteiger partial charge in [0.2, 0.25) is 0 Å². The molecule has 1 aromatic heterocycles. The topological polar surface area (TPSA) is 64.9 Å². The van der Waals surface area contributed by atoms with Crippen LogP contribution in [0.1, 0.15) is 32.0 Å². The van der Waals surface area contributed by atoms with E-state index in [1.54, 1.807) is 7.11 Å². The van der Waals surface area contributed by atoms with Crippen LogP contribution in [-0.2, 0) is 17.8 Å². The van der Waals surface area contributed by atoms with Crippen molar-refractivity contribution in [2.24, 2.45) is 0 Å². The third kappa shape index (κ3) is 4.67. The molecule has 1 aromatic rings. The van der Waals surface area contributed by atoms with Crippen molar-refractivity contribution >= 4 is 0 Å². The van der Waals surface area contributed by atoms with Crippen molar-refractivity contribution in [1.29, 1.82) is 0 Å². The molecule has 0 aromatic carbocycles. The first kappa shape index (κ1) is 13.1. The number of tetrazole rings is 1. The average molecular weight is 227 g/mol. The Kier molecular flexibility index (Phi) is 6.67. The highest BCUT2D eigenvalue weighted by Crippen LogP contribution is 1.97. The number of unbranched alkanes of at least 4 members (excludes halogenated alkanes) is 1. The fourth-order valence-corrected chi connectivity index (χ4v) is 1.41. The number of ether oxygens (including phenoxy) is 1. The van der Waals surface area contributed by atoms with Gasteiger partial charge in [-0.1, -0.05) is 6.92 Å². The summed E-state index contributed by atoms with van der Waals surface area (Å²) in [6, 6.07) is 0. The van der Waals surface area contributed by atoms with E-state index in [2.05, 4.69) is 27.8 Å². The summed E-state index contributed by atoms with van der Waals surface area (Å²) in [4.78, 5) is 0. The monoisotopic (exact) mass is 227 g/mol. The molecule has 92 valence electrons. The van der Waals surface area contributed by atoms with Gasteiger partial charge < -0.3 is 10.1 Å². The van der Waals surface area contributed by atoms with Crippen molar-refractivity contribution < 1.29 is 4.74 Å². The maximum absolute atomic E-state index is 5.00. The van der Waals surface area contributed by atoms with Crippen LogP contribution in [0.15, 0.2) is 0 Å². The fraction of sp³-hybridized carbons (Fsp3) is 0.900. The highest BCUT2D eigenvalue weighted by molar-refractivity contribution is 4.79. The number of nitrogens with zero attached hydrogens (tertiary/aromatic N) is 4. The van der Waals surface area contributed by atoms with E-state index in [-0.39, 0.29) is 0 Å². The van der Waals surface area contributed by atoms with Gasteiger partial charge in [-0.3, -0.25) is 0 Å². The molecular weight excluding hydrogens is 206 g/mol. The molecule has 16 heavy (non-hydrogen) atoms. The van der Waals surface area contributed by atoms with Gasteiger partial charge in [0.05, 0.1) is 6.54 Å². The molecule has 0 spiro atoms. The van der Waals surface area contributed by atoms with Gasteiger partial charge in [0.1, 0.15) is 0 Å². The molecule has 0 aliphatic heterocycles. The van der Waals surface area contributed by atoms with Crippen molar-refractivity contribution in [3.63, 3.8) is 0 Å². The second-order valence-electron chi connectivity index (χ2n) is 3.69. The Morgan fingerprint density at radius 3 is 3.00 bits per heavy atom. The summed E-state index contributed by atoms with van der Waals surface area (Å²) in [7, 11) is 1.72. The third-order valence-corrected chi connectivity index (χ3v) is 2.28. The molecule has 6 heteroatoms. The molecular formula is C10H21N5O. The first-order valence-corrected chi connectivity index (χ1v) is 5.83. The summed E-state index contributed by atoms with van der Waals surface area (Å²) in [6.07, 6.45) is 3.20. The van der Waals surface area contributed by atoms with E-state index in [0.717, 1.165) is 51.3 Å². The van der Waals surface area contributed by atoms with Gasteiger partial charge in [0, 0.05) is 20.3 Å². The highest BCUT2D eigenvalue weighted by Gasteiger charge is 2.04. The minimum absolute atomic E-state index is 0.741. The van der Waals surface area contributed by atoms with Gasteiger partial charge in [-0.05, 0) is 36.2 Å². The molecule has 6 nitrogen and oxygen atoms in total. The first-order valence-electron chi connectivity index (χ1n) is 5.83. The van der Waals surface area contributed by atoms with Gasteiger partial charge in [0.25, 0.3) is 0 Å². The highest BCUT2D eigenvalue weighted by atomic mass is 16.5. The zero-order valence-electron chi connectivity index (χ0n) is 10.1. The average Bonchev–Trinajstić information content (AvgIpc) is 2.73. The number of rotatable bonds is 9. The molecule has 1 heterocycles. The van der Waals surface area contributed by atoms with Crippen molar-refractivity contribution in [2.75, 3.05) is 20.3 Å². The van der Waals surface area contributed by atoms with Crippen LogP contribution >= 0.6 is 0 Å². The minimum atomic E-state index is 0.741. The summed E-state index contributed by atoms with van der Waals surface area (Å²) in [5.74, 6) is 0.908. The smallest absolute Gasteiger partial charge is 0.165 e. The van der Waals surface area contributed by atoms with Crippen LogP contribution < -0.4 is 5.32 Å². The Morgan fingerprint density at radius 2 is 2.25 bits per heavy atom. The second-order valence-corrected chi connectivity index (χ2v) is 3.69. The van der Waals surface area contributed by atoms with Crippen molar-refractivity contribution in [3.05, 3.63) is 5.82 Å². The molecule has 0 unspecified atom stereocenters. The lowest BCUT2D eigenvalue weighted by molar-refractivity contribution is 0.190. The lowest BCUT2D eigenvalue weighted by atomic mass is 10.3. The van der Waals surface area contributed by atoms with Crippen molar-refractivity contribution in [2.45, 2.75) is 39.3 Å².